The second-order valence-corrected chi connectivity index (χ2v) is 33.7. The van der Waals surface area contributed by atoms with Crippen LogP contribution in [0, 0.1) is 0 Å². The van der Waals surface area contributed by atoms with E-state index in [0.29, 0.717) is 16.6 Å². The van der Waals surface area contributed by atoms with Crippen LogP contribution >= 0.6 is 22.9 Å². The summed E-state index contributed by atoms with van der Waals surface area (Å²) in [5, 5.41) is 55.2. The number of pyridine rings is 3. The molecule has 10 heterocycles. The fourth-order valence-electron chi connectivity index (χ4n) is 16.8. The van der Waals surface area contributed by atoms with Crippen molar-refractivity contribution in [2.75, 3.05) is 49.1 Å². The average molecular weight is 1770 g/mol. The van der Waals surface area contributed by atoms with Gasteiger partial charge in [-0.05, 0) is 228 Å². The number of aromatic nitrogens is 7. The van der Waals surface area contributed by atoms with Crippen LogP contribution in [0.25, 0.3) is 44.3 Å². The number of carboxylic acid groups (broad SMARTS) is 1. The van der Waals surface area contributed by atoms with E-state index in [1.165, 1.54) is 16.9 Å². The summed E-state index contributed by atoms with van der Waals surface area (Å²) in [6.45, 7) is 18.1. The van der Waals surface area contributed by atoms with Gasteiger partial charge in [0.25, 0.3) is 0 Å². The molecule has 0 saturated carbocycles. The van der Waals surface area contributed by atoms with Crippen LogP contribution in [0.5, 0.6) is 17.2 Å². The molecule has 9 aromatic carbocycles. The van der Waals surface area contributed by atoms with Crippen molar-refractivity contribution in [3.8, 4) is 39.8 Å². The molecule has 649 valence electrons. The number of carbonyl (C=O) groups is 1. The number of anilines is 2. The first-order valence-corrected chi connectivity index (χ1v) is 44.3. The number of aromatic carboxylic acids is 1. The van der Waals surface area contributed by atoms with Crippen LogP contribution in [-0.2, 0) is 34.7 Å². The number of piperidine rings is 3. The number of nitrogens with zero attached hydrogens (tertiary/aromatic N) is 10. The summed E-state index contributed by atoms with van der Waals surface area (Å²) in [5.41, 5.74) is 15.2. The number of rotatable bonds is 20. The number of benzene rings is 9. The van der Waals surface area contributed by atoms with Crippen molar-refractivity contribution >= 4 is 68.1 Å². The van der Waals surface area contributed by atoms with E-state index in [9.17, 15) is 15.0 Å². The molecule has 22 heteroatoms. The van der Waals surface area contributed by atoms with Crippen LogP contribution in [0.3, 0.4) is 0 Å². The first-order chi connectivity index (χ1) is 60.9. The number of thiophene rings is 1. The molecule has 0 atom stereocenters. The van der Waals surface area contributed by atoms with E-state index in [4.69, 9.17) is 56.2 Å². The Balaban J connectivity index is 0.000000144. The molecule has 0 spiro atoms. The van der Waals surface area contributed by atoms with E-state index in [1.54, 1.807) is 23.7 Å². The van der Waals surface area contributed by atoms with Crippen molar-refractivity contribution in [1.29, 1.82) is 0 Å². The minimum atomic E-state index is -0.847. The third-order valence-electron chi connectivity index (χ3n) is 22.6. The summed E-state index contributed by atoms with van der Waals surface area (Å²) < 4.78 is 22.5. The van der Waals surface area contributed by atoms with Gasteiger partial charge in [0.2, 0.25) is 0 Å². The van der Waals surface area contributed by atoms with Gasteiger partial charge in [-0.25, -0.2) is 29.1 Å². The van der Waals surface area contributed by atoms with Crippen LogP contribution < -0.4 is 29.3 Å². The predicted molar refractivity (Wildman–Crippen MR) is 502 cm³/mol. The maximum Gasteiger partial charge on any atom is 0.345 e. The van der Waals surface area contributed by atoms with Crippen molar-refractivity contribution in [3.63, 3.8) is 0 Å². The minimum Gasteiger partial charge on any atom is -0.491 e. The fraction of sp³-hybridized carbons (Fsp3) is 0.260. The van der Waals surface area contributed by atoms with Gasteiger partial charge in [0, 0.05) is 94.9 Å². The quantitative estimate of drug-likeness (QED) is 0.0271. The summed E-state index contributed by atoms with van der Waals surface area (Å²) in [6.07, 6.45) is 10.2. The Morgan fingerprint density at radius 3 is 1.16 bits per heavy atom. The minimum absolute atomic E-state index is 0. The first-order valence-electron chi connectivity index (χ1n) is 43.0. The SMILES string of the molecule is CC(C)Oc1ccc2c(c1)C(c1ccnc(N3CCC(O)CC3)c1)=NC2.CC(C)Oc1ccc2c(c1)c(-c1ccnc(Cl)c1)nn2C(c1ccccc1)(c1ccccc1)c1ccccc1.CC(C)Oc1ccc2c(c1)c(-c1ccnc(N3CCC(O)CC3)c1)nn2C(c1ccccc1)(c1ccccc1)c1ccccc1.O=C(O)c1cccs1.OC1CCNCC1.[Cu]. The third-order valence-corrected chi connectivity index (χ3v) is 23.7. The van der Waals surface area contributed by atoms with Gasteiger partial charge in [-0.1, -0.05) is 206 Å². The van der Waals surface area contributed by atoms with Crippen molar-refractivity contribution in [3.05, 3.63) is 369 Å². The van der Waals surface area contributed by atoms with Gasteiger partial charge in [-0.3, -0.25) is 4.99 Å². The zero-order valence-corrected chi connectivity index (χ0v) is 74.1. The summed E-state index contributed by atoms with van der Waals surface area (Å²) in [4.78, 5) is 33.2. The zero-order chi connectivity index (χ0) is 86.8. The number of aliphatic hydroxyl groups is 3. The number of aliphatic imine (C=N–C) groups is 1. The Kier molecular flexibility index (Phi) is 30.2. The summed E-state index contributed by atoms with van der Waals surface area (Å²) in [6, 6.07) is 97.8. The second kappa shape index (κ2) is 42.2. The van der Waals surface area contributed by atoms with Crippen molar-refractivity contribution in [2.45, 2.75) is 134 Å². The van der Waals surface area contributed by atoms with Crippen LogP contribution in [0.1, 0.15) is 140 Å². The number of fused-ring (bicyclic) bond motifs is 3. The summed E-state index contributed by atoms with van der Waals surface area (Å²) >= 11 is 7.59. The van der Waals surface area contributed by atoms with Crippen molar-refractivity contribution < 1.29 is 56.5 Å². The summed E-state index contributed by atoms with van der Waals surface area (Å²) in [5.74, 6) is 3.50. The van der Waals surface area contributed by atoms with Crippen LogP contribution in [-0.4, -0.2) is 143 Å². The van der Waals surface area contributed by atoms with Gasteiger partial charge in [-0.15, -0.1) is 11.3 Å². The molecule has 126 heavy (non-hydrogen) atoms. The van der Waals surface area contributed by atoms with Crippen LogP contribution in [0.15, 0.2) is 314 Å². The molecule has 15 aromatic rings. The summed E-state index contributed by atoms with van der Waals surface area (Å²) in [7, 11) is 0. The molecule has 5 N–H and O–H groups in total. The van der Waals surface area contributed by atoms with Crippen molar-refractivity contribution in [1.82, 2.24) is 39.8 Å². The van der Waals surface area contributed by atoms with Gasteiger partial charge < -0.3 is 49.8 Å². The molecule has 19 rings (SSSR count). The molecule has 0 amide bonds. The van der Waals surface area contributed by atoms with E-state index in [0.717, 1.165) is 201 Å². The van der Waals surface area contributed by atoms with Crippen LogP contribution in [0.2, 0.25) is 5.15 Å². The van der Waals surface area contributed by atoms with E-state index in [1.807, 2.05) is 115 Å². The Morgan fingerprint density at radius 1 is 0.437 bits per heavy atom. The maximum absolute atomic E-state index is 10.1. The largest absolute Gasteiger partial charge is 0.491 e. The predicted octanol–water partition coefficient (Wildman–Crippen LogP) is 20.4. The number of hydrogen-bond acceptors (Lipinski definition) is 17. The van der Waals surface area contributed by atoms with Gasteiger partial charge in [0.15, 0.2) is 0 Å². The normalized spacial score (nSPS) is 14.3. The molecule has 0 aliphatic carbocycles. The van der Waals surface area contributed by atoms with Gasteiger partial charge in [-0.2, -0.15) is 10.2 Å². The molecular weight excluding hydrogens is 1660 g/mol. The molecule has 4 aliphatic rings. The zero-order valence-electron chi connectivity index (χ0n) is 71.6. The Labute approximate surface area is 756 Å². The number of nitrogens with one attached hydrogen (secondary N) is 1. The Morgan fingerprint density at radius 2 is 0.802 bits per heavy atom. The van der Waals surface area contributed by atoms with E-state index >= 15 is 0 Å². The first kappa shape index (κ1) is 90.1. The van der Waals surface area contributed by atoms with E-state index in [-0.39, 0.29) is 53.7 Å². The molecule has 3 fully saturated rings. The fourth-order valence-corrected chi connectivity index (χ4v) is 17.5. The molecule has 0 unspecified atom stereocenters. The van der Waals surface area contributed by atoms with Gasteiger partial charge in [0.05, 0.1) is 59.9 Å². The molecule has 1 radical (unpaired) electrons. The monoisotopic (exact) mass is 1770 g/mol. The smallest absolute Gasteiger partial charge is 0.345 e. The molecule has 4 aliphatic heterocycles. The molecule has 0 bridgehead atoms. The molecule has 19 nitrogen and oxygen atoms in total. The topological polar surface area (TPSA) is 231 Å². The number of carboxylic acids is 1. The van der Waals surface area contributed by atoms with Gasteiger partial charge >= 0.3 is 5.97 Å². The van der Waals surface area contributed by atoms with Gasteiger partial charge in [0.1, 0.15) is 61.4 Å². The molecule has 6 aromatic heterocycles. The third kappa shape index (κ3) is 20.8. The standard InChI is InChI=1S/C39H38N4O2.C34H28ClN3O.C21H25N3O2.C5H11NO.C5H4O2S.Cu/c1-28(2)45-34-18-19-36-35(27-34)38(29-20-23-40-37(26-29)42-24-21-33(44)22-25-42)41-43(36)39(30-12-6-3-7-13-30,31-14-8-4-9-15-31)32-16-10-5-11-17-32;1-24(2)39-29-18-19-31-30(23-29)33(25-20-21-36-32(35)22-25)37-38(31)34(26-12-6-3-7-13-26,27-14-8-4-9-15-27)28-16-10-5-11-17-28;1-14(2)26-18-4-3-16-13-23-21(19(16)12-18)15-5-8-22-20(11-15)24-9-6-17(25)7-10-24;7-5-1-3-6-4-2-5;6-5(7)4-2-1-3-8-4;/h3-20,23,26-28,33,44H,21-22,24-25H2,1-2H3;3-24H,1-2H3;3-5,8,11-12,14,17,25H,6-7,9-10,13H2,1-2H3;5-7H,1-4H2;1-3H,(H,6,7);. The van der Waals surface area contributed by atoms with E-state index < -0.39 is 17.0 Å². The average Bonchev–Trinajstić information content (AvgIpc) is 1.55. The Bertz CT molecular complexity index is 5860. The maximum atomic E-state index is 10.1. The second-order valence-electron chi connectivity index (χ2n) is 32.4. The number of aliphatic hydroxyl groups excluding tert-OH is 3. The molecule has 3 saturated heterocycles. The van der Waals surface area contributed by atoms with Crippen LogP contribution in [0.4, 0.5) is 11.6 Å². The number of halogens is 1. The number of hydrogen-bond donors (Lipinski definition) is 5. The van der Waals surface area contributed by atoms with E-state index in [2.05, 4.69) is 247 Å². The number of ether oxygens (including phenoxy) is 3. The Hall–Kier alpha value is -12.1. The van der Waals surface area contributed by atoms with Crippen molar-refractivity contribution in [2.24, 2.45) is 4.99 Å². The molecular formula is C104H106ClCuN11O8S.